The summed E-state index contributed by atoms with van der Waals surface area (Å²) in [5.74, 6) is 1.96. The van der Waals surface area contributed by atoms with Crippen LogP contribution >= 0.6 is 0 Å². The van der Waals surface area contributed by atoms with Gasteiger partial charge in [-0.3, -0.25) is 0 Å². The van der Waals surface area contributed by atoms with Crippen LogP contribution in [0.2, 0.25) is 0 Å². The Hall–Kier alpha value is -3.68. The van der Waals surface area contributed by atoms with Gasteiger partial charge in [0.05, 0.1) is 25.6 Å². The minimum absolute atomic E-state index is 0.308. The number of methoxy groups -OCH3 is 2. The van der Waals surface area contributed by atoms with Crippen LogP contribution in [0.4, 0.5) is 0 Å². The molecule has 0 bridgehead atoms. The lowest BCUT2D eigenvalue weighted by Gasteiger charge is -2.07. The fraction of sp³-hybridized carbons (Fsp3) is 0.200. The summed E-state index contributed by atoms with van der Waals surface area (Å²) in [5.41, 5.74) is 4.16. The first-order chi connectivity index (χ1) is 13.6. The molecule has 0 amide bonds. The molecule has 0 spiro atoms. The molecule has 2 aromatic carbocycles. The number of rotatable bonds is 5. The first kappa shape index (κ1) is 17.7. The zero-order chi connectivity index (χ0) is 19.7. The zero-order valence-electron chi connectivity index (χ0n) is 16.0. The Labute approximate surface area is 161 Å². The molecular weight excluding hydrogens is 358 g/mol. The SMILES string of the molecule is COc1ccc(-c2noc(-c3nnn(-c4ccccc4C)c3C)n2)cc1OC. The Balaban J connectivity index is 1.70. The van der Waals surface area contributed by atoms with Gasteiger partial charge in [-0.1, -0.05) is 28.6 Å². The van der Waals surface area contributed by atoms with E-state index in [-0.39, 0.29) is 0 Å². The quantitative estimate of drug-likeness (QED) is 0.525. The lowest BCUT2D eigenvalue weighted by atomic mass is 10.2. The van der Waals surface area contributed by atoms with Crippen molar-refractivity contribution in [3.63, 3.8) is 0 Å². The third-order valence-corrected chi connectivity index (χ3v) is 4.51. The smallest absolute Gasteiger partial charge is 0.280 e. The molecule has 8 heteroatoms. The molecule has 142 valence electrons. The first-order valence-corrected chi connectivity index (χ1v) is 8.67. The molecule has 0 aliphatic rings. The van der Waals surface area contributed by atoms with Crippen molar-refractivity contribution < 1.29 is 14.0 Å². The van der Waals surface area contributed by atoms with Crippen molar-refractivity contribution in [2.75, 3.05) is 14.2 Å². The second-order valence-corrected chi connectivity index (χ2v) is 6.21. The van der Waals surface area contributed by atoms with E-state index in [1.165, 1.54) is 0 Å². The molecule has 0 radical (unpaired) electrons. The summed E-state index contributed by atoms with van der Waals surface area (Å²) in [4.78, 5) is 4.48. The first-order valence-electron chi connectivity index (χ1n) is 8.67. The van der Waals surface area contributed by atoms with Crippen LogP contribution in [0.3, 0.4) is 0 Å². The van der Waals surface area contributed by atoms with Crippen molar-refractivity contribution in [3.05, 3.63) is 53.7 Å². The lowest BCUT2D eigenvalue weighted by molar-refractivity contribution is 0.355. The summed E-state index contributed by atoms with van der Waals surface area (Å²) < 4.78 is 17.8. The maximum atomic E-state index is 5.45. The van der Waals surface area contributed by atoms with Crippen LogP contribution in [0.15, 0.2) is 47.0 Å². The predicted octanol–water partition coefficient (Wildman–Crippen LogP) is 3.62. The van der Waals surface area contributed by atoms with E-state index in [0.717, 1.165) is 22.5 Å². The van der Waals surface area contributed by atoms with Crippen LogP contribution in [0.25, 0.3) is 28.7 Å². The molecule has 0 saturated heterocycles. The van der Waals surface area contributed by atoms with Crippen LogP contribution in [0, 0.1) is 13.8 Å². The van der Waals surface area contributed by atoms with Gasteiger partial charge in [0.15, 0.2) is 17.2 Å². The van der Waals surface area contributed by atoms with Crippen molar-refractivity contribution in [1.82, 2.24) is 25.1 Å². The van der Waals surface area contributed by atoms with E-state index in [1.807, 2.05) is 44.2 Å². The molecule has 4 aromatic rings. The van der Waals surface area contributed by atoms with Gasteiger partial charge in [0.25, 0.3) is 5.89 Å². The van der Waals surface area contributed by atoms with Crippen LogP contribution in [0.1, 0.15) is 11.3 Å². The van der Waals surface area contributed by atoms with Gasteiger partial charge in [-0.15, -0.1) is 5.10 Å². The van der Waals surface area contributed by atoms with Gasteiger partial charge >= 0.3 is 0 Å². The Bertz CT molecular complexity index is 1130. The summed E-state index contributed by atoms with van der Waals surface area (Å²) in [6, 6.07) is 13.4. The van der Waals surface area contributed by atoms with E-state index in [2.05, 4.69) is 20.5 Å². The standard InChI is InChI=1S/C20H19N5O3/c1-12-7-5-6-8-15(12)25-13(2)18(22-24-25)20-21-19(23-28-20)14-9-10-16(26-3)17(11-14)27-4/h5-11H,1-4H3. The Morgan fingerprint density at radius 1 is 0.964 bits per heavy atom. The molecule has 0 saturated carbocycles. The van der Waals surface area contributed by atoms with Gasteiger partial charge in [0.2, 0.25) is 5.82 Å². The van der Waals surface area contributed by atoms with E-state index >= 15 is 0 Å². The monoisotopic (exact) mass is 377 g/mol. The number of nitrogens with zero attached hydrogens (tertiary/aromatic N) is 5. The Morgan fingerprint density at radius 3 is 2.50 bits per heavy atom. The van der Waals surface area contributed by atoms with E-state index in [9.17, 15) is 0 Å². The van der Waals surface area contributed by atoms with Crippen molar-refractivity contribution in [2.24, 2.45) is 0 Å². The molecule has 0 atom stereocenters. The van der Waals surface area contributed by atoms with E-state index in [4.69, 9.17) is 14.0 Å². The minimum Gasteiger partial charge on any atom is -0.493 e. The van der Waals surface area contributed by atoms with Gasteiger partial charge in [-0.2, -0.15) is 4.98 Å². The van der Waals surface area contributed by atoms with E-state index in [0.29, 0.717) is 28.9 Å². The van der Waals surface area contributed by atoms with Crippen molar-refractivity contribution in [3.8, 4) is 40.2 Å². The molecule has 28 heavy (non-hydrogen) atoms. The molecule has 0 aliphatic carbocycles. The van der Waals surface area contributed by atoms with Gasteiger partial charge < -0.3 is 14.0 Å². The average Bonchev–Trinajstić information content (AvgIpc) is 3.34. The van der Waals surface area contributed by atoms with E-state index in [1.54, 1.807) is 31.0 Å². The summed E-state index contributed by atoms with van der Waals surface area (Å²) in [7, 11) is 3.17. The Kier molecular flexibility index (Phi) is 4.52. The number of para-hydroxylation sites is 1. The summed E-state index contributed by atoms with van der Waals surface area (Å²) in [6.07, 6.45) is 0. The van der Waals surface area contributed by atoms with Crippen LogP contribution in [-0.4, -0.2) is 39.4 Å². The summed E-state index contributed by atoms with van der Waals surface area (Å²) >= 11 is 0. The number of aromatic nitrogens is 5. The predicted molar refractivity (Wildman–Crippen MR) is 103 cm³/mol. The van der Waals surface area contributed by atoms with E-state index < -0.39 is 0 Å². The van der Waals surface area contributed by atoms with Crippen molar-refractivity contribution >= 4 is 0 Å². The van der Waals surface area contributed by atoms with Gasteiger partial charge in [0.1, 0.15) is 0 Å². The maximum Gasteiger partial charge on any atom is 0.280 e. The molecule has 4 rings (SSSR count). The lowest BCUT2D eigenvalue weighted by Crippen LogP contribution is -2.01. The van der Waals surface area contributed by atoms with Crippen molar-refractivity contribution in [1.29, 1.82) is 0 Å². The normalized spacial score (nSPS) is 10.9. The highest BCUT2D eigenvalue weighted by Crippen LogP contribution is 2.32. The topological polar surface area (TPSA) is 88.1 Å². The minimum atomic E-state index is 0.308. The Morgan fingerprint density at radius 2 is 1.75 bits per heavy atom. The van der Waals surface area contributed by atoms with Crippen LogP contribution < -0.4 is 9.47 Å². The third kappa shape index (κ3) is 2.98. The second kappa shape index (κ2) is 7.15. The summed E-state index contributed by atoms with van der Waals surface area (Å²) in [6.45, 7) is 3.94. The zero-order valence-corrected chi connectivity index (χ0v) is 16.0. The van der Waals surface area contributed by atoms with Gasteiger partial charge in [-0.05, 0) is 43.7 Å². The molecular formula is C20H19N5O3. The number of benzene rings is 2. The van der Waals surface area contributed by atoms with Gasteiger partial charge in [-0.25, -0.2) is 4.68 Å². The molecule has 0 unspecified atom stereocenters. The molecule has 0 aliphatic heterocycles. The third-order valence-electron chi connectivity index (χ3n) is 4.51. The fourth-order valence-electron chi connectivity index (χ4n) is 2.97. The number of hydrogen-bond donors (Lipinski definition) is 0. The highest BCUT2D eigenvalue weighted by Gasteiger charge is 2.20. The number of hydrogen-bond acceptors (Lipinski definition) is 7. The number of ether oxygens (including phenoxy) is 2. The van der Waals surface area contributed by atoms with Crippen molar-refractivity contribution in [2.45, 2.75) is 13.8 Å². The second-order valence-electron chi connectivity index (χ2n) is 6.21. The molecule has 2 heterocycles. The maximum absolute atomic E-state index is 5.45. The van der Waals surface area contributed by atoms with Crippen LogP contribution in [0.5, 0.6) is 11.5 Å². The van der Waals surface area contributed by atoms with Gasteiger partial charge in [0, 0.05) is 5.56 Å². The highest BCUT2D eigenvalue weighted by molar-refractivity contribution is 5.63. The molecule has 2 aromatic heterocycles. The largest absolute Gasteiger partial charge is 0.493 e. The molecule has 8 nitrogen and oxygen atoms in total. The fourth-order valence-corrected chi connectivity index (χ4v) is 2.97. The number of aryl methyl sites for hydroxylation is 1. The molecule has 0 N–H and O–H groups in total. The average molecular weight is 377 g/mol. The summed E-state index contributed by atoms with van der Waals surface area (Å²) in [5, 5.41) is 12.6. The highest BCUT2D eigenvalue weighted by atomic mass is 16.5. The van der Waals surface area contributed by atoms with Crippen LogP contribution in [-0.2, 0) is 0 Å². The molecule has 0 fully saturated rings.